The molecule has 11 aromatic heterocycles. The maximum absolute atomic E-state index is 14.8. The Hall–Kier alpha value is -17.9. The first kappa shape index (κ1) is 87.8. The molecule has 20 aromatic rings. The standard InChI is InChI=1S/C24H17FN2O.2C23H16FN3O.C21H14F2N4O.C21H15FN4O/c25-23-12-17(16-5-7-19-13-26-10-9-18(19)11-16)6-8-21(23)15-27-14-20-3-1-2-4-22(20)24(27)28;24-21-11-16(15-3-5-18-12-25-9-7-17(18)10-15)4-6-19(21)13-27-14-22-20(23(27)28)2-1-8-26-22;24-21-11-17(16-4-3-15-7-9-25-12-19(15)10-16)5-6-18(21)13-27-14-22-20(23(27)28)2-1-8-26-22;22-18-6-14(13-3-4-15-8-24-12-27(15)9-13)7-19(23)17(18)10-26-11-20-16(21(26)28)2-1-5-25-20;22-17-10-14(19-11-24-20-5-1-2-9-26(19)20)6-7-15(17)12-25-13-18-16(21(25)27)4-3-8-23-18/h1-13H,14-15H2;2*1-12H,13-14H2;1-9,12H,10-11H2;1-11H,12-13H2. The van der Waals surface area contributed by atoms with Crippen LogP contribution in [0.25, 0.3) is 99.2 Å². The molecule has 16 heterocycles. The number of fused-ring (bicyclic) bond motifs is 10. The molecule has 25 rings (SSSR count). The summed E-state index contributed by atoms with van der Waals surface area (Å²) in [6.07, 6.45) is 26.0. The van der Waals surface area contributed by atoms with Crippen LogP contribution in [0.2, 0.25) is 0 Å². The van der Waals surface area contributed by atoms with Gasteiger partial charge in [0.1, 0.15) is 40.6 Å². The number of nitrogens with zero attached hydrogens (tertiary/aromatic N) is 16. The fraction of sp³-hybridized carbons (Fsp3) is 0.0893. The lowest BCUT2D eigenvalue weighted by atomic mass is 10.0. The van der Waals surface area contributed by atoms with E-state index in [0.717, 1.165) is 111 Å². The minimum absolute atomic E-state index is 0.0396. The van der Waals surface area contributed by atoms with Gasteiger partial charge in [-0.15, -0.1) is 0 Å². The van der Waals surface area contributed by atoms with Gasteiger partial charge in [-0.05, 0) is 212 Å². The molecule has 5 aliphatic heterocycles. The number of carbonyl (C=O) groups is 5. The molecule has 139 heavy (non-hydrogen) atoms. The second kappa shape index (κ2) is 37.9. The third kappa shape index (κ3) is 18.1. The van der Waals surface area contributed by atoms with E-state index < -0.39 is 11.6 Å². The first-order chi connectivity index (χ1) is 67.9. The summed E-state index contributed by atoms with van der Waals surface area (Å²) in [5.74, 6) is -3.25. The molecule has 0 spiro atoms. The highest BCUT2D eigenvalue weighted by atomic mass is 19.2. The van der Waals surface area contributed by atoms with Crippen molar-refractivity contribution < 1.29 is 50.3 Å². The zero-order valence-corrected chi connectivity index (χ0v) is 74.0. The average molecular weight is 1840 g/mol. The molecular weight excluding hydrogens is 1760 g/mol. The number of imidazole rings is 2. The van der Waals surface area contributed by atoms with Crippen molar-refractivity contribution in [2.45, 2.75) is 65.4 Å². The smallest absolute Gasteiger partial charge is 0.256 e. The Bertz CT molecular complexity index is 7820. The fourth-order valence-corrected chi connectivity index (χ4v) is 18.0. The van der Waals surface area contributed by atoms with Crippen LogP contribution in [0.15, 0.2) is 354 Å². The lowest BCUT2D eigenvalue weighted by Gasteiger charge is -2.17. The van der Waals surface area contributed by atoms with Crippen LogP contribution in [-0.4, -0.2) is 108 Å². The number of hydrogen-bond acceptors (Lipinski definition) is 14. The third-order valence-corrected chi connectivity index (χ3v) is 25.4. The molecule has 0 saturated carbocycles. The fourth-order valence-electron chi connectivity index (χ4n) is 18.0. The molecule has 0 atom stereocenters. The van der Waals surface area contributed by atoms with Crippen LogP contribution in [0.4, 0.5) is 26.3 Å². The highest BCUT2D eigenvalue weighted by molar-refractivity contribution is 6.01. The van der Waals surface area contributed by atoms with Gasteiger partial charge in [0.25, 0.3) is 29.5 Å². The molecule has 0 saturated heterocycles. The maximum atomic E-state index is 14.8. The number of carbonyl (C=O) groups excluding carboxylic acids is 5. The molecular formula is C112H78F6N16O5. The Kier molecular flexibility index (Phi) is 23.9. The van der Waals surface area contributed by atoms with Crippen LogP contribution in [0, 0.1) is 34.9 Å². The van der Waals surface area contributed by atoms with Crippen molar-refractivity contribution in [3.8, 4) is 55.8 Å². The summed E-state index contributed by atoms with van der Waals surface area (Å²) >= 11 is 0. The number of halogens is 6. The monoisotopic (exact) mass is 1840 g/mol. The molecule has 0 bridgehead atoms. The van der Waals surface area contributed by atoms with Crippen LogP contribution in [0.3, 0.4) is 0 Å². The van der Waals surface area contributed by atoms with Gasteiger partial charge in [0.15, 0.2) is 0 Å². The van der Waals surface area contributed by atoms with Gasteiger partial charge in [0.05, 0.1) is 108 Å². The zero-order chi connectivity index (χ0) is 94.9. The number of benzene rings is 9. The van der Waals surface area contributed by atoms with Crippen LogP contribution < -0.4 is 0 Å². The molecule has 0 radical (unpaired) electrons. The van der Waals surface area contributed by atoms with E-state index in [0.29, 0.717) is 93.1 Å². The van der Waals surface area contributed by atoms with Crippen molar-refractivity contribution in [2.75, 3.05) is 0 Å². The summed E-state index contributed by atoms with van der Waals surface area (Å²) in [4.78, 5) is 108. The zero-order valence-electron chi connectivity index (χ0n) is 74.0. The van der Waals surface area contributed by atoms with Crippen molar-refractivity contribution in [1.82, 2.24) is 78.2 Å². The topological polar surface area (TPSA) is 226 Å². The molecule has 0 fully saturated rings. The van der Waals surface area contributed by atoms with E-state index in [-0.39, 0.29) is 97.6 Å². The molecule has 0 aliphatic carbocycles. The quantitative estimate of drug-likeness (QED) is 0.0870. The SMILES string of the molecule is O=C1c2ccccc2CN1Cc1ccc(-c2ccc3cnccc3c2)cc1F.O=C1c2cccnc2CN1Cc1c(F)cc(-c2ccc3cncn3c2)cc1F.O=C1c2cccnc2CN1Cc1ccc(-c2ccc3ccncc3c2)cc1F.O=C1c2cccnc2CN1Cc1ccc(-c2ccc3cnccc3c2)cc1F.O=C1c2cccnc2CN1Cc1ccc(-c2cnc3ccccn23)cc1F. The predicted molar refractivity (Wildman–Crippen MR) is 514 cm³/mol. The Morgan fingerprint density at radius 1 is 0.266 bits per heavy atom. The largest absolute Gasteiger partial charge is 0.330 e. The van der Waals surface area contributed by atoms with Crippen LogP contribution >= 0.6 is 0 Å². The van der Waals surface area contributed by atoms with Gasteiger partial charge in [-0.1, -0.05) is 115 Å². The van der Waals surface area contributed by atoms with E-state index in [1.54, 1.807) is 183 Å². The number of aromatic nitrogens is 11. The highest BCUT2D eigenvalue weighted by Gasteiger charge is 2.35. The molecule has 21 nitrogen and oxygen atoms in total. The molecule has 5 aliphatic rings. The van der Waals surface area contributed by atoms with Gasteiger partial charge < -0.3 is 28.9 Å². The minimum Gasteiger partial charge on any atom is -0.330 e. The van der Waals surface area contributed by atoms with Crippen molar-refractivity contribution in [2.24, 2.45) is 0 Å². The summed E-state index contributed by atoms with van der Waals surface area (Å²) in [5.41, 5.74) is 18.3. The molecule has 0 N–H and O–H groups in total. The first-order valence-electron chi connectivity index (χ1n) is 44.7. The predicted octanol–water partition coefficient (Wildman–Crippen LogP) is 21.9. The van der Waals surface area contributed by atoms with Gasteiger partial charge in [0.2, 0.25) is 0 Å². The van der Waals surface area contributed by atoms with Crippen LogP contribution in [0.1, 0.15) is 108 Å². The molecule has 0 unspecified atom stereocenters. The number of amides is 5. The number of hydrogen-bond donors (Lipinski definition) is 0. The van der Waals surface area contributed by atoms with E-state index in [2.05, 4.69) is 44.9 Å². The second-order valence-corrected chi connectivity index (χ2v) is 34.1. The van der Waals surface area contributed by atoms with Crippen molar-refractivity contribution in [1.29, 1.82) is 0 Å². The first-order valence-corrected chi connectivity index (χ1v) is 44.7. The Labute approximate surface area is 791 Å². The molecule has 678 valence electrons. The third-order valence-electron chi connectivity index (χ3n) is 25.4. The summed E-state index contributed by atoms with van der Waals surface area (Å²) in [6, 6.07) is 77.8. The average Bonchev–Trinajstić information content (AvgIpc) is 1.66. The van der Waals surface area contributed by atoms with E-state index in [1.165, 1.54) is 35.2 Å². The summed E-state index contributed by atoms with van der Waals surface area (Å²) in [6.45, 7) is 2.78. The maximum Gasteiger partial charge on any atom is 0.256 e. The van der Waals surface area contributed by atoms with Gasteiger partial charge in [-0.3, -0.25) is 63.3 Å². The van der Waals surface area contributed by atoms with Gasteiger partial charge in [-0.2, -0.15) is 0 Å². The van der Waals surface area contributed by atoms with E-state index >= 15 is 0 Å². The summed E-state index contributed by atoms with van der Waals surface area (Å²) < 4.78 is 92.4. The number of pyridine rings is 9. The van der Waals surface area contributed by atoms with Crippen molar-refractivity contribution in [3.63, 3.8) is 0 Å². The Morgan fingerprint density at radius 2 is 0.640 bits per heavy atom. The second-order valence-electron chi connectivity index (χ2n) is 34.1. The van der Waals surface area contributed by atoms with Crippen molar-refractivity contribution >= 4 is 73.0 Å². The van der Waals surface area contributed by atoms with Gasteiger partial charge >= 0.3 is 0 Å². The van der Waals surface area contributed by atoms with Gasteiger partial charge in [-0.25, -0.2) is 36.3 Å². The highest BCUT2D eigenvalue weighted by Crippen LogP contribution is 2.37. The minimum atomic E-state index is -0.683. The summed E-state index contributed by atoms with van der Waals surface area (Å²) in [5, 5.41) is 6.33. The van der Waals surface area contributed by atoms with Crippen LogP contribution in [-0.2, 0) is 65.4 Å². The molecule has 5 amide bonds. The van der Waals surface area contributed by atoms with E-state index in [1.807, 2.05) is 169 Å². The van der Waals surface area contributed by atoms with Gasteiger partial charge in [0, 0.05) is 162 Å². The normalized spacial score (nSPS) is 13.3. The summed E-state index contributed by atoms with van der Waals surface area (Å²) in [7, 11) is 0. The van der Waals surface area contributed by atoms with Crippen molar-refractivity contribution in [3.05, 3.63) is 473 Å². The number of rotatable bonds is 15. The molecule has 9 aromatic carbocycles. The lowest BCUT2D eigenvalue weighted by Crippen LogP contribution is -2.24. The van der Waals surface area contributed by atoms with E-state index in [4.69, 9.17) is 0 Å². The van der Waals surface area contributed by atoms with Crippen LogP contribution in [0.5, 0.6) is 0 Å². The Morgan fingerprint density at radius 3 is 1.11 bits per heavy atom. The molecule has 27 heteroatoms. The Balaban J connectivity index is 0.000000103. The van der Waals surface area contributed by atoms with E-state index in [9.17, 15) is 50.3 Å². The lowest BCUT2D eigenvalue weighted by molar-refractivity contribution is 0.0756.